The Morgan fingerprint density at radius 1 is 1.20 bits per heavy atom. The number of carbonyl (C=O) groups is 1. The molecule has 2 aromatic carbocycles. The second-order valence-electron chi connectivity index (χ2n) is 7.81. The minimum absolute atomic E-state index is 0.0987. The monoisotopic (exact) mass is 537 g/mol. The number of fused-ring (bicyclic) bond motifs is 1. The Morgan fingerprint density at radius 2 is 1.94 bits per heavy atom. The zero-order chi connectivity index (χ0) is 25.0. The van der Waals surface area contributed by atoms with Crippen molar-refractivity contribution in [3.63, 3.8) is 0 Å². The van der Waals surface area contributed by atoms with Crippen molar-refractivity contribution in [3.8, 4) is 11.1 Å². The minimum Gasteiger partial charge on any atom is -0.423 e. The number of sulfone groups is 1. The van der Waals surface area contributed by atoms with E-state index >= 15 is 0 Å². The summed E-state index contributed by atoms with van der Waals surface area (Å²) in [6.45, 7) is 0. The lowest BCUT2D eigenvalue weighted by Gasteiger charge is -2.07. The number of amides is 1. The summed E-state index contributed by atoms with van der Waals surface area (Å²) in [5, 5.41) is 6.23. The van der Waals surface area contributed by atoms with Crippen molar-refractivity contribution in [2.75, 3.05) is 6.26 Å². The Morgan fingerprint density at radius 3 is 2.60 bits per heavy atom. The highest BCUT2D eigenvalue weighted by molar-refractivity contribution is 7.91. The van der Waals surface area contributed by atoms with Crippen molar-refractivity contribution < 1.29 is 30.4 Å². The van der Waals surface area contributed by atoms with Crippen LogP contribution in [-0.2, 0) is 31.3 Å². The van der Waals surface area contributed by atoms with Gasteiger partial charge in [-0.3, -0.25) is 4.79 Å². The fourth-order valence-corrected chi connectivity index (χ4v) is 7.17. The van der Waals surface area contributed by atoms with E-state index < -0.39 is 43.1 Å². The molecule has 4 aromatic rings. The number of hydrogen-bond donors (Lipinski definition) is 2. The summed E-state index contributed by atoms with van der Waals surface area (Å²) >= 11 is 1.05. The Balaban J connectivity index is 1.50. The maximum Gasteiger partial charge on any atom is 0.302 e. The Labute approximate surface area is 202 Å². The molecule has 3 heterocycles. The summed E-state index contributed by atoms with van der Waals surface area (Å²) in [4.78, 5) is 16.1. The molecule has 0 radical (unpaired) electrons. The molecule has 1 aliphatic heterocycles. The lowest BCUT2D eigenvalue weighted by atomic mass is 10.1. The van der Waals surface area contributed by atoms with Gasteiger partial charge >= 0.3 is 10.2 Å². The predicted octanol–water partition coefficient (Wildman–Crippen LogP) is 1.49. The smallest absolute Gasteiger partial charge is 0.302 e. The van der Waals surface area contributed by atoms with Gasteiger partial charge < -0.3 is 4.42 Å². The van der Waals surface area contributed by atoms with Crippen molar-refractivity contribution in [1.82, 2.24) is 24.6 Å². The third-order valence-electron chi connectivity index (χ3n) is 5.17. The number of rotatable bonds is 6. The highest BCUT2D eigenvalue weighted by Crippen LogP contribution is 2.37. The number of nitrogens with zero attached hydrogens (tertiary/aromatic N) is 3. The standard InChI is InChI=1S/C20H16FN5O6S3/c1-34(28,29)17(19-24-23-16(32-19)9-14-18(27)26-35(30,31)25-14)20-22-13-8-12(21)11(7-15(13)33-20)10-5-3-2-4-6-10/h2-8,14,17,25H,9H2,1H3,(H,26,27)/t14-,17?/m0/s1. The lowest BCUT2D eigenvalue weighted by Crippen LogP contribution is -2.31. The van der Waals surface area contributed by atoms with Gasteiger partial charge in [0, 0.05) is 17.9 Å². The Hall–Kier alpha value is -3.27. The maximum absolute atomic E-state index is 14.8. The molecule has 1 saturated heterocycles. The Kier molecular flexibility index (Phi) is 5.66. The summed E-state index contributed by atoms with van der Waals surface area (Å²) in [7, 11) is -7.82. The van der Waals surface area contributed by atoms with E-state index in [9.17, 15) is 26.0 Å². The average molecular weight is 538 g/mol. The number of carbonyl (C=O) groups excluding carboxylic acids is 1. The van der Waals surface area contributed by atoms with Crippen molar-refractivity contribution in [3.05, 3.63) is 65.1 Å². The van der Waals surface area contributed by atoms with Crippen LogP contribution in [0.3, 0.4) is 0 Å². The van der Waals surface area contributed by atoms with Crippen LogP contribution in [0, 0.1) is 5.82 Å². The van der Waals surface area contributed by atoms with Gasteiger partial charge in [-0.25, -0.2) is 22.5 Å². The number of thiazole rings is 1. The van der Waals surface area contributed by atoms with Crippen LogP contribution in [-0.4, -0.2) is 50.2 Å². The first-order valence-electron chi connectivity index (χ1n) is 10.0. The molecule has 2 atom stereocenters. The van der Waals surface area contributed by atoms with Gasteiger partial charge in [0.15, 0.2) is 15.1 Å². The molecule has 0 spiro atoms. The summed E-state index contributed by atoms with van der Waals surface area (Å²) in [6.07, 6.45) is 0.697. The van der Waals surface area contributed by atoms with E-state index in [0.717, 1.165) is 17.6 Å². The molecular weight excluding hydrogens is 521 g/mol. The predicted molar refractivity (Wildman–Crippen MR) is 124 cm³/mol. The molecule has 2 N–H and O–H groups in total. The molecule has 2 aromatic heterocycles. The molecule has 0 saturated carbocycles. The summed E-state index contributed by atoms with van der Waals surface area (Å²) in [6, 6.07) is 10.6. The zero-order valence-electron chi connectivity index (χ0n) is 17.8. The molecule has 5 rings (SSSR count). The second kappa shape index (κ2) is 8.44. The highest BCUT2D eigenvalue weighted by Gasteiger charge is 2.37. The van der Waals surface area contributed by atoms with Gasteiger partial charge in [0.1, 0.15) is 16.9 Å². The van der Waals surface area contributed by atoms with Gasteiger partial charge in [0.2, 0.25) is 11.8 Å². The van der Waals surface area contributed by atoms with Crippen molar-refractivity contribution in [1.29, 1.82) is 0 Å². The van der Waals surface area contributed by atoms with Crippen molar-refractivity contribution >= 4 is 47.5 Å². The highest BCUT2D eigenvalue weighted by atomic mass is 32.2. The largest absolute Gasteiger partial charge is 0.423 e. The average Bonchev–Trinajstić information content (AvgIpc) is 3.44. The second-order valence-corrected chi connectivity index (χ2v) is 12.4. The normalized spacial score (nSPS) is 18.6. The van der Waals surface area contributed by atoms with E-state index in [1.54, 1.807) is 35.1 Å². The van der Waals surface area contributed by atoms with E-state index in [1.165, 1.54) is 6.07 Å². The van der Waals surface area contributed by atoms with Crippen LogP contribution in [0.25, 0.3) is 21.3 Å². The number of hydrogen-bond acceptors (Lipinski definition) is 10. The van der Waals surface area contributed by atoms with Crippen LogP contribution in [0.2, 0.25) is 0 Å². The van der Waals surface area contributed by atoms with Gasteiger partial charge in [-0.1, -0.05) is 30.3 Å². The fraction of sp³-hybridized carbons (Fsp3) is 0.200. The summed E-state index contributed by atoms with van der Waals surface area (Å²) < 4.78 is 73.0. The van der Waals surface area contributed by atoms with E-state index in [0.29, 0.717) is 15.8 Å². The van der Waals surface area contributed by atoms with Gasteiger partial charge in [-0.2, -0.15) is 13.1 Å². The number of halogens is 1. The van der Waals surface area contributed by atoms with E-state index in [2.05, 4.69) is 19.9 Å². The molecule has 15 heteroatoms. The quantitative estimate of drug-likeness (QED) is 0.371. The number of aromatic nitrogens is 3. The van der Waals surface area contributed by atoms with Crippen molar-refractivity contribution in [2.24, 2.45) is 0 Å². The van der Waals surface area contributed by atoms with Gasteiger partial charge in [0.05, 0.1) is 16.6 Å². The molecular formula is C20H16FN5O6S3. The van der Waals surface area contributed by atoms with E-state index in [4.69, 9.17) is 4.42 Å². The summed E-state index contributed by atoms with van der Waals surface area (Å²) in [5.41, 5.74) is 1.28. The maximum atomic E-state index is 14.8. The molecule has 35 heavy (non-hydrogen) atoms. The molecule has 1 aliphatic rings. The van der Waals surface area contributed by atoms with Crippen molar-refractivity contribution in [2.45, 2.75) is 17.7 Å². The van der Waals surface area contributed by atoms with Crippen LogP contribution in [0.1, 0.15) is 22.0 Å². The molecule has 182 valence electrons. The van der Waals surface area contributed by atoms with Crippen LogP contribution in [0.15, 0.2) is 46.9 Å². The molecule has 1 amide bonds. The molecule has 11 nitrogen and oxygen atoms in total. The zero-order valence-corrected chi connectivity index (χ0v) is 20.2. The Bertz CT molecular complexity index is 1670. The molecule has 1 unspecified atom stereocenters. The first-order chi connectivity index (χ1) is 16.5. The molecule has 1 fully saturated rings. The van der Waals surface area contributed by atoms with Gasteiger partial charge in [-0.15, -0.1) is 21.5 Å². The van der Waals surface area contributed by atoms with Crippen LogP contribution < -0.4 is 9.44 Å². The van der Waals surface area contributed by atoms with E-state index in [1.807, 2.05) is 6.07 Å². The van der Waals surface area contributed by atoms with Crippen LogP contribution >= 0.6 is 11.3 Å². The molecule has 0 aliphatic carbocycles. The third kappa shape index (κ3) is 4.67. The topological polar surface area (TPSA) is 161 Å². The summed E-state index contributed by atoms with van der Waals surface area (Å²) in [5.74, 6) is -1.75. The lowest BCUT2D eigenvalue weighted by molar-refractivity contribution is -0.120. The molecule has 0 bridgehead atoms. The SMILES string of the molecule is CS(=O)(=O)C(c1nnc(C[C@@H]2NS(=O)(=O)NC2=O)o1)c1nc2cc(F)c(-c3ccccc3)cc2s1. The van der Waals surface area contributed by atoms with Gasteiger partial charge in [-0.05, 0) is 11.6 Å². The number of nitrogens with one attached hydrogen (secondary N) is 2. The third-order valence-corrected chi connectivity index (χ3v) is 8.74. The van der Waals surface area contributed by atoms with E-state index in [-0.39, 0.29) is 28.7 Å². The minimum atomic E-state index is -3.96. The first kappa shape index (κ1) is 23.5. The van der Waals surface area contributed by atoms with Crippen LogP contribution in [0.5, 0.6) is 0 Å². The first-order valence-corrected chi connectivity index (χ1v) is 14.3. The fourth-order valence-electron chi connectivity index (χ4n) is 3.63. The number of benzene rings is 2. The van der Waals surface area contributed by atoms with Crippen LogP contribution in [0.4, 0.5) is 4.39 Å². The van der Waals surface area contributed by atoms with Gasteiger partial charge in [0.25, 0.3) is 5.91 Å².